The van der Waals surface area contributed by atoms with Crippen LogP contribution in [0.5, 0.6) is 0 Å². The number of rotatable bonds is 7. The number of carbonyl (C=O) groups excluding carboxylic acids is 2. The van der Waals surface area contributed by atoms with Crippen LogP contribution in [0.25, 0.3) is 11.3 Å². The summed E-state index contributed by atoms with van der Waals surface area (Å²) in [4.78, 5) is 38.9. The maximum absolute atomic E-state index is 13.1. The van der Waals surface area contributed by atoms with Gasteiger partial charge in [0.25, 0.3) is 5.91 Å². The Labute approximate surface area is 240 Å². The van der Waals surface area contributed by atoms with Gasteiger partial charge in [0, 0.05) is 48.2 Å². The number of alkyl halides is 3. The smallest absolute Gasteiger partial charge is 0.367 e. The van der Waals surface area contributed by atoms with Crippen molar-refractivity contribution in [1.29, 1.82) is 0 Å². The summed E-state index contributed by atoms with van der Waals surface area (Å²) in [5.74, 6) is 0.468. The van der Waals surface area contributed by atoms with Crippen LogP contribution in [-0.4, -0.2) is 50.8 Å². The van der Waals surface area contributed by atoms with Gasteiger partial charge in [-0.05, 0) is 86.0 Å². The summed E-state index contributed by atoms with van der Waals surface area (Å²) in [6.07, 6.45) is -0.198. The highest BCUT2D eigenvalue weighted by Crippen LogP contribution is 2.31. The molecule has 2 amide bonds. The molecule has 216 valence electrons. The fraction of sp³-hybridized carbons (Fsp3) is 0.233. The van der Waals surface area contributed by atoms with Crippen molar-refractivity contribution < 1.29 is 22.8 Å². The number of nitrogens with zero attached hydrogens (tertiary/aromatic N) is 4. The van der Waals surface area contributed by atoms with E-state index in [0.29, 0.717) is 41.5 Å². The van der Waals surface area contributed by atoms with Crippen LogP contribution in [0.1, 0.15) is 44.7 Å². The molecule has 4 heterocycles. The molecule has 0 bridgehead atoms. The van der Waals surface area contributed by atoms with E-state index < -0.39 is 17.6 Å². The number of piperidine rings is 1. The fourth-order valence-corrected chi connectivity index (χ4v) is 4.71. The third kappa shape index (κ3) is 6.82. The number of nitrogens with two attached hydrogens (primary N) is 1. The molecule has 0 atom stereocenters. The lowest BCUT2D eigenvalue weighted by atomic mass is 10.0. The second-order valence-electron chi connectivity index (χ2n) is 10.1. The molecule has 1 saturated heterocycles. The molecule has 1 aliphatic rings. The SMILES string of the molecule is Cc1cc(Nc2cc(C(F)(F)F)ccn2)nc(-c2ccc(NC3CCN(C(=O)c4ccc(C(N)=O)cc4)CC3)nc2)c1. The lowest BCUT2D eigenvalue weighted by Crippen LogP contribution is -2.42. The number of carbonyl (C=O) groups is 2. The van der Waals surface area contributed by atoms with Gasteiger partial charge in [-0.25, -0.2) is 15.0 Å². The van der Waals surface area contributed by atoms with E-state index in [0.717, 1.165) is 42.3 Å². The molecule has 0 spiro atoms. The monoisotopic (exact) mass is 575 g/mol. The largest absolute Gasteiger partial charge is 0.416 e. The highest BCUT2D eigenvalue weighted by Gasteiger charge is 2.30. The van der Waals surface area contributed by atoms with Crippen LogP contribution in [-0.2, 0) is 6.18 Å². The van der Waals surface area contributed by atoms with Crippen LogP contribution in [0.3, 0.4) is 0 Å². The molecule has 0 saturated carbocycles. The summed E-state index contributed by atoms with van der Waals surface area (Å²) in [5, 5.41) is 6.28. The van der Waals surface area contributed by atoms with E-state index in [1.54, 1.807) is 41.4 Å². The number of aromatic nitrogens is 3. The van der Waals surface area contributed by atoms with Gasteiger partial charge >= 0.3 is 6.18 Å². The Morgan fingerprint density at radius 3 is 2.26 bits per heavy atom. The van der Waals surface area contributed by atoms with Crippen molar-refractivity contribution in [3.63, 3.8) is 0 Å². The lowest BCUT2D eigenvalue weighted by Gasteiger charge is -2.32. The number of likely N-dealkylation sites (tertiary alicyclic amines) is 1. The molecule has 5 rings (SSSR count). The van der Waals surface area contributed by atoms with Gasteiger partial charge in [-0.1, -0.05) is 0 Å². The maximum Gasteiger partial charge on any atom is 0.416 e. The Morgan fingerprint density at radius 2 is 1.62 bits per heavy atom. The van der Waals surface area contributed by atoms with Crippen molar-refractivity contribution in [2.45, 2.75) is 32.0 Å². The summed E-state index contributed by atoms with van der Waals surface area (Å²) >= 11 is 0. The van der Waals surface area contributed by atoms with Crippen LogP contribution in [0.2, 0.25) is 0 Å². The molecule has 1 aliphatic heterocycles. The van der Waals surface area contributed by atoms with Crippen LogP contribution in [0, 0.1) is 6.92 Å². The molecule has 12 heteroatoms. The number of hydrogen-bond acceptors (Lipinski definition) is 7. The molecule has 4 N–H and O–H groups in total. The average molecular weight is 576 g/mol. The number of primary amides is 1. The molecule has 0 unspecified atom stereocenters. The zero-order valence-electron chi connectivity index (χ0n) is 22.7. The fourth-order valence-electron chi connectivity index (χ4n) is 4.71. The number of benzene rings is 1. The molecular weight excluding hydrogens is 547 g/mol. The number of hydrogen-bond donors (Lipinski definition) is 3. The molecule has 1 fully saturated rings. The number of halogens is 3. The summed E-state index contributed by atoms with van der Waals surface area (Å²) in [5.41, 5.74) is 7.56. The zero-order chi connectivity index (χ0) is 29.9. The van der Waals surface area contributed by atoms with Gasteiger partial charge in [0.1, 0.15) is 17.5 Å². The standard InChI is InChI=1S/C30H28F3N7O2/c1-18-14-24(38-27(15-18)39-26-16-22(8-11-35-26)30(31,32)33)21-6-7-25(36-17-21)37-23-9-12-40(13-10-23)29(42)20-4-2-19(3-5-20)28(34)41/h2-8,11,14-17,23H,9-10,12-13H2,1H3,(H2,34,41)(H,36,37)(H,35,38,39). The second-order valence-corrected chi connectivity index (χ2v) is 10.1. The molecule has 9 nitrogen and oxygen atoms in total. The van der Waals surface area contributed by atoms with Crippen LogP contribution in [0.15, 0.2) is 73.1 Å². The Bertz CT molecular complexity index is 1580. The van der Waals surface area contributed by atoms with Crippen LogP contribution >= 0.6 is 0 Å². The third-order valence-corrected chi connectivity index (χ3v) is 6.92. The predicted molar refractivity (Wildman–Crippen MR) is 152 cm³/mol. The molecule has 0 radical (unpaired) electrons. The van der Waals surface area contributed by atoms with E-state index in [1.165, 1.54) is 0 Å². The molecule has 3 aromatic heterocycles. The molecule has 1 aromatic carbocycles. The second kappa shape index (κ2) is 11.9. The minimum Gasteiger partial charge on any atom is -0.367 e. The minimum absolute atomic E-state index is 0.0419. The highest BCUT2D eigenvalue weighted by molar-refractivity contribution is 5.97. The van der Waals surface area contributed by atoms with Crippen molar-refractivity contribution in [2.75, 3.05) is 23.7 Å². The quantitative estimate of drug-likeness (QED) is 0.268. The van der Waals surface area contributed by atoms with E-state index in [4.69, 9.17) is 5.73 Å². The van der Waals surface area contributed by atoms with E-state index >= 15 is 0 Å². The van der Waals surface area contributed by atoms with Crippen molar-refractivity contribution >= 4 is 29.3 Å². The zero-order valence-corrected chi connectivity index (χ0v) is 22.7. The Hall–Kier alpha value is -5.00. The predicted octanol–water partition coefficient (Wildman–Crippen LogP) is 5.43. The van der Waals surface area contributed by atoms with E-state index in [2.05, 4.69) is 25.6 Å². The average Bonchev–Trinajstić information content (AvgIpc) is 2.97. The van der Waals surface area contributed by atoms with Crippen molar-refractivity contribution in [2.24, 2.45) is 5.73 Å². The summed E-state index contributed by atoms with van der Waals surface area (Å²) in [6.45, 7) is 3.03. The van der Waals surface area contributed by atoms with Gasteiger partial charge in [-0.2, -0.15) is 13.2 Å². The van der Waals surface area contributed by atoms with Crippen molar-refractivity contribution in [3.8, 4) is 11.3 Å². The molecule has 42 heavy (non-hydrogen) atoms. The summed E-state index contributed by atoms with van der Waals surface area (Å²) in [7, 11) is 0. The Balaban J connectivity index is 1.19. The number of amides is 2. The van der Waals surface area contributed by atoms with Gasteiger partial charge < -0.3 is 21.3 Å². The first-order chi connectivity index (χ1) is 20.0. The summed E-state index contributed by atoms with van der Waals surface area (Å²) < 4.78 is 39.2. The van der Waals surface area contributed by atoms with Gasteiger partial charge in [0.15, 0.2) is 0 Å². The maximum atomic E-state index is 13.1. The Morgan fingerprint density at radius 1 is 0.905 bits per heavy atom. The first-order valence-corrected chi connectivity index (χ1v) is 13.3. The van der Waals surface area contributed by atoms with E-state index in [1.807, 2.05) is 25.1 Å². The first-order valence-electron chi connectivity index (χ1n) is 13.3. The number of pyridine rings is 3. The number of aryl methyl sites for hydroxylation is 1. The Kier molecular flexibility index (Phi) is 8.05. The minimum atomic E-state index is -4.47. The van der Waals surface area contributed by atoms with Crippen LogP contribution in [0.4, 0.5) is 30.6 Å². The van der Waals surface area contributed by atoms with Gasteiger partial charge in [-0.3, -0.25) is 9.59 Å². The lowest BCUT2D eigenvalue weighted by molar-refractivity contribution is -0.137. The topological polar surface area (TPSA) is 126 Å². The molecule has 4 aromatic rings. The first kappa shape index (κ1) is 28.5. The third-order valence-electron chi connectivity index (χ3n) is 6.92. The number of nitrogens with one attached hydrogen (secondary N) is 2. The van der Waals surface area contributed by atoms with Crippen molar-refractivity contribution in [3.05, 3.63) is 95.3 Å². The highest BCUT2D eigenvalue weighted by atomic mass is 19.4. The summed E-state index contributed by atoms with van der Waals surface area (Å²) in [6, 6.07) is 15.6. The van der Waals surface area contributed by atoms with E-state index in [9.17, 15) is 22.8 Å². The van der Waals surface area contributed by atoms with Gasteiger partial charge in [-0.15, -0.1) is 0 Å². The molecular formula is C30H28F3N7O2. The van der Waals surface area contributed by atoms with Gasteiger partial charge in [0.05, 0.1) is 11.3 Å². The number of anilines is 3. The van der Waals surface area contributed by atoms with Gasteiger partial charge in [0.2, 0.25) is 5.91 Å². The van der Waals surface area contributed by atoms with Crippen LogP contribution < -0.4 is 16.4 Å². The van der Waals surface area contributed by atoms with E-state index in [-0.39, 0.29) is 17.8 Å². The van der Waals surface area contributed by atoms with Crippen molar-refractivity contribution in [1.82, 2.24) is 19.9 Å². The normalized spacial score (nSPS) is 14.0. The molecule has 0 aliphatic carbocycles.